The van der Waals surface area contributed by atoms with E-state index in [1.54, 1.807) is 31.2 Å². The summed E-state index contributed by atoms with van der Waals surface area (Å²) in [7, 11) is -3.36. The minimum Gasteiger partial charge on any atom is -0.378 e. The van der Waals surface area contributed by atoms with Crippen molar-refractivity contribution in [3.05, 3.63) is 29.8 Å². The van der Waals surface area contributed by atoms with E-state index in [4.69, 9.17) is 4.74 Å². The number of nitrogens with one attached hydrogen (secondary N) is 2. The first kappa shape index (κ1) is 20.7. The Balaban J connectivity index is 1.74. The van der Waals surface area contributed by atoms with Crippen LogP contribution >= 0.6 is 0 Å². The van der Waals surface area contributed by atoms with Crippen LogP contribution in [0.15, 0.2) is 24.3 Å². The van der Waals surface area contributed by atoms with E-state index >= 15 is 0 Å². The predicted molar refractivity (Wildman–Crippen MR) is 104 cm³/mol. The van der Waals surface area contributed by atoms with Crippen LogP contribution in [0.2, 0.25) is 0 Å². The molecule has 0 bridgehead atoms. The summed E-state index contributed by atoms with van der Waals surface area (Å²) < 4.78 is 32.0. The average Bonchev–Trinajstić information content (AvgIpc) is 2.62. The summed E-state index contributed by atoms with van der Waals surface area (Å²) in [6, 6.07) is 6.54. The van der Waals surface area contributed by atoms with Crippen molar-refractivity contribution in [2.75, 3.05) is 23.6 Å². The number of sulfonamides is 1. The molecule has 1 aromatic carbocycles. The molecule has 1 fully saturated rings. The first-order chi connectivity index (χ1) is 12.5. The molecule has 0 saturated heterocycles. The van der Waals surface area contributed by atoms with Crippen molar-refractivity contribution in [2.24, 2.45) is 0 Å². The molecule has 1 aromatic rings. The lowest BCUT2D eigenvalue weighted by molar-refractivity contribution is 0.0273. The van der Waals surface area contributed by atoms with E-state index in [0.29, 0.717) is 36.9 Å². The molecule has 146 valence electrons. The fourth-order valence-corrected chi connectivity index (χ4v) is 4.21. The van der Waals surface area contributed by atoms with Crippen molar-refractivity contribution >= 4 is 21.6 Å². The summed E-state index contributed by atoms with van der Waals surface area (Å²) in [5, 5.41) is 2.86. The van der Waals surface area contributed by atoms with Crippen LogP contribution in [0.3, 0.4) is 0 Å². The lowest BCUT2D eigenvalue weighted by Gasteiger charge is -2.21. The van der Waals surface area contributed by atoms with Crippen LogP contribution in [0.1, 0.15) is 62.2 Å². The zero-order valence-electron chi connectivity index (χ0n) is 15.5. The minimum atomic E-state index is -3.36. The molecule has 0 unspecified atom stereocenters. The maximum absolute atomic E-state index is 12.2. The van der Waals surface area contributed by atoms with Gasteiger partial charge in [0, 0.05) is 24.4 Å². The highest BCUT2D eigenvalue weighted by Gasteiger charge is 2.13. The van der Waals surface area contributed by atoms with Gasteiger partial charge in [0.05, 0.1) is 11.9 Å². The number of carbonyl (C=O) groups is 1. The van der Waals surface area contributed by atoms with Crippen molar-refractivity contribution in [3.8, 4) is 0 Å². The molecule has 2 N–H and O–H groups in total. The van der Waals surface area contributed by atoms with Gasteiger partial charge in [-0.2, -0.15) is 0 Å². The molecule has 26 heavy (non-hydrogen) atoms. The topological polar surface area (TPSA) is 84.5 Å². The minimum absolute atomic E-state index is 0.0599. The Labute approximate surface area is 156 Å². The summed E-state index contributed by atoms with van der Waals surface area (Å²) in [5.74, 6) is -0.149. The van der Waals surface area contributed by atoms with E-state index in [9.17, 15) is 13.2 Å². The number of anilines is 1. The zero-order valence-corrected chi connectivity index (χ0v) is 16.3. The number of amides is 1. The van der Waals surface area contributed by atoms with Gasteiger partial charge in [-0.1, -0.05) is 32.3 Å². The van der Waals surface area contributed by atoms with Gasteiger partial charge in [-0.05, 0) is 43.9 Å². The maximum Gasteiger partial charge on any atom is 0.251 e. The van der Waals surface area contributed by atoms with Crippen LogP contribution in [0, 0.1) is 0 Å². The highest BCUT2D eigenvalue weighted by Crippen LogP contribution is 2.20. The van der Waals surface area contributed by atoms with E-state index in [0.717, 1.165) is 19.3 Å². The van der Waals surface area contributed by atoms with Gasteiger partial charge < -0.3 is 10.1 Å². The molecule has 0 radical (unpaired) electrons. The SMILES string of the molecule is CCCS(=O)(=O)Nc1cccc(C(=O)NCCCOC2CCCCC2)c1. The fourth-order valence-electron chi connectivity index (χ4n) is 3.08. The van der Waals surface area contributed by atoms with Gasteiger partial charge in [0.2, 0.25) is 10.0 Å². The van der Waals surface area contributed by atoms with E-state index < -0.39 is 10.0 Å². The quantitative estimate of drug-likeness (QED) is 0.608. The van der Waals surface area contributed by atoms with Gasteiger partial charge in [-0.15, -0.1) is 0 Å². The summed E-state index contributed by atoms with van der Waals surface area (Å²) >= 11 is 0. The van der Waals surface area contributed by atoms with Crippen LogP contribution in [-0.4, -0.2) is 39.3 Å². The highest BCUT2D eigenvalue weighted by atomic mass is 32.2. The van der Waals surface area contributed by atoms with Crippen LogP contribution in [0.4, 0.5) is 5.69 Å². The largest absolute Gasteiger partial charge is 0.378 e. The molecule has 6 nitrogen and oxygen atoms in total. The normalized spacial score (nSPS) is 15.6. The smallest absolute Gasteiger partial charge is 0.251 e. The summed E-state index contributed by atoms with van der Waals surface area (Å²) in [6.07, 6.45) is 7.79. The number of hydrogen-bond acceptors (Lipinski definition) is 4. The molecule has 1 aliphatic carbocycles. The standard InChI is InChI=1S/C19H30N2O4S/c1-2-14-26(23,24)21-17-9-6-8-16(15-17)19(22)20-12-7-13-25-18-10-4-3-5-11-18/h6,8-9,15,18,21H,2-5,7,10-14H2,1H3,(H,20,22). The molecule has 1 aliphatic rings. The van der Waals surface area contributed by atoms with Gasteiger partial charge in [-0.25, -0.2) is 8.42 Å². The Hall–Kier alpha value is -1.60. The number of hydrogen-bond donors (Lipinski definition) is 2. The zero-order chi connectivity index (χ0) is 18.8. The third kappa shape index (κ3) is 7.33. The fraction of sp³-hybridized carbons (Fsp3) is 0.632. The van der Waals surface area contributed by atoms with Gasteiger partial charge in [0.15, 0.2) is 0 Å². The van der Waals surface area contributed by atoms with Crippen molar-refractivity contribution in [1.29, 1.82) is 0 Å². The van der Waals surface area contributed by atoms with Crippen molar-refractivity contribution in [1.82, 2.24) is 5.32 Å². The summed E-state index contributed by atoms with van der Waals surface area (Å²) in [6.45, 7) is 3.00. The van der Waals surface area contributed by atoms with E-state index in [2.05, 4.69) is 10.0 Å². The Morgan fingerprint density at radius 1 is 1.23 bits per heavy atom. The molecule has 2 rings (SSSR count). The lowest BCUT2D eigenvalue weighted by Crippen LogP contribution is -2.26. The molecule has 0 aliphatic heterocycles. The number of carbonyl (C=O) groups excluding carboxylic acids is 1. The van der Waals surface area contributed by atoms with Gasteiger partial charge in [-0.3, -0.25) is 9.52 Å². The summed E-state index contributed by atoms with van der Waals surface area (Å²) in [5.41, 5.74) is 0.849. The van der Waals surface area contributed by atoms with Crippen LogP contribution < -0.4 is 10.0 Å². The van der Waals surface area contributed by atoms with Crippen molar-refractivity contribution in [2.45, 2.75) is 58.0 Å². The molecule has 1 saturated carbocycles. The van der Waals surface area contributed by atoms with Crippen molar-refractivity contribution < 1.29 is 17.9 Å². The third-order valence-electron chi connectivity index (χ3n) is 4.38. The molecule has 0 heterocycles. The number of rotatable bonds is 10. The van der Waals surface area contributed by atoms with Gasteiger partial charge in [0.1, 0.15) is 0 Å². The van der Waals surface area contributed by atoms with E-state index in [1.807, 2.05) is 0 Å². The lowest BCUT2D eigenvalue weighted by atomic mass is 9.98. The van der Waals surface area contributed by atoms with Gasteiger partial charge in [0.25, 0.3) is 5.91 Å². The Morgan fingerprint density at radius 3 is 2.73 bits per heavy atom. The average molecular weight is 383 g/mol. The number of benzene rings is 1. The maximum atomic E-state index is 12.2. The predicted octanol–water partition coefficient (Wildman–Crippen LogP) is 3.31. The first-order valence-electron chi connectivity index (χ1n) is 9.50. The first-order valence-corrected chi connectivity index (χ1v) is 11.2. The van der Waals surface area contributed by atoms with Crippen LogP contribution in [0.25, 0.3) is 0 Å². The van der Waals surface area contributed by atoms with Crippen LogP contribution in [0.5, 0.6) is 0 Å². The highest BCUT2D eigenvalue weighted by molar-refractivity contribution is 7.92. The monoisotopic (exact) mass is 382 g/mol. The number of ether oxygens (including phenoxy) is 1. The molecule has 0 atom stereocenters. The van der Waals surface area contributed by atoms with Crippen molar-refractivity contribution in [3.63, 3.8) is 0 Å². The van der Waals surface area contributed by atoms with Crippen LogP contribution in [-0.2, 0) is 14.8 Å². The molecular formula is C19H30N2O4S. The van der Waals surface area contributed by atoms with Gasteiger partial charge >= 0.3 is 0 Å². The van der Waals surface area contributed by atoms with E-state index in [1.165, 1.54) is 19.3 Å². The molecule has 0 aromatic heterocycles. The molecule has 7 heteroatoms. The Morgan fingerprint density at radius 2 is 2.00 bits per heavy atom. The molecule has 0 spiro atoms. The Bertz CT molecular complexity index is 670. The molecular weight excluding hydrogens is 352 g/mol. The third-order valence-corrected chi connectivity index (χ3v) is 5.88. The second-order valence-corrected chi connectivity index (χ2v) is 8.58. The Kier molecular flexibility index (Phi) is 8.38. The molecule has 1 amide bonds. The summed E-state index contributed by atoms with van der Waals surface area (Å²) in [4.78, 5) is 12.2. The van der Waals surface area contributed by atoms with E-state index in [-0.39, 0.29) is 11.7 Å². The second-order valence-electron chi connectivity index (χ2n) is 6.74. The second kappa shape index (κ2) is 10.5.